The highest BCUT2D eigenvalue weighted by atomic mass is 32.3. The number of rotatable bonds is 7. The van der Waals surface area contributed by atoms with Crippen LogP contribution in [0.5, 0.6) is 0 Å². The lowest BCUT2D eigenvalue weighted by Gasteiger charge is -2.21. The first-order valence-corrected chi connectivity index (χ1v) is 12.1. The van der Waals surface area contributed by atoms with Crippen molar-refractivity contribution >= 4 is 49.3 Å². The molecular formula is C22H21N3O4S2. The molecule has 0 aliphatic heterocycles. The predicted molar refractivity (Wildman–Crippen MR) is 127 cm³/mol. The van der Waals surface area contributed by atoms with Crippen molar-refractivity contribution in [2.45, 2.75) is 0 Å². The average Bonchev–Trinajstić information content (AvgIpc) is 2.71. The molecule has 3 aromatic carbocycles. The SMILES string of the molecule is Nc1cc(N)cc(N(S(=O)(=O)/C=C/c2ccccc2)S(=O)(=O)/C=C/c2ccccc2)c1. The summed E-state index contributed by atoms with van der Waals surface area (Å²) >= 11 is 0. The van der Waals surface area contributed by atoms with E-state index in [1.807, 2.05) is 0 Å². The summed E-state index contributed by atoms with van der Waals surface area (Å²) in [7, 11) is -8.93. The topological polar surface area (TPSA) is 124 Å². The van der Waals surface area contributed by atoms with Crippen LogP contribution >= 0.6 is 0 Å². The number of hydrogen-bond donors (Lipinski definition) is 2. The number of hydrogen-bond acceptors (Lipinski definition) is 6. The van der Waals surface area contributed by atoms with Crippen LogP contribution in [-0.2, 0) is 20.0 Å². The van der Waals surface area contributed by atoms with Crippen LogP contribution < -0.4 is 15.2 Å². The quantitative estimate of drug-likeness (QED) is 0.524. The lowest BCUT2D eigenvalue weighted by atomic mass is 10.2. The van der Waals surface area contributed by atoms with Crippen molar-refractivity contribution in [2.24, 2.45) is 0 Å². The molecule has 3 aromatic rings. The third-order valence-electron chi connectivity index (χ3n) is 4.10. The standard InChI is InChI=1S/C22H21N3O4S2/c23-20-15-21(24)17-22(16-20)25(30(26,27)13-11-18-7-3-1-4-8-18)31(28,29)14-12-19-9-5-2-6-10-19/h1-17H,23-24H2/b13-11+,14-12+. The largest absolute Gasteiger partial charge is 0.399 e. The molecule has 0 aromatic heterocycles. The molecule has 9 heteroatoms. The summed E-state index contributed by atoms with van der Waals surface area (Å²) in [4.78, 5) is 0. The van der Waals surface area contributed by atoms with Crippen LogP contribution in [0.15, 0.2) is 89.7 Å². The molecular weight excluding hydrogens is 434 g/mol. The summed E-state index contributed by atoms with van der Waals surface area (Å²) in [5.74, 6) is 0. The molecule has 160 valence electrons. The number of benzene rings is 3. The Morgan fingerprint density at radius 1 is 0.613 bits per heavy atom. The number of sulfonamides is 2. The third-order valence-corrected chi connectivity index (χ3v) is 7.65. The minimum absolute atomic E-state index is 0.129. The first kappa shape index (κ1) is 22.1. The second kappa shape index (κ2) is 9.07. The van der Waals surface area contributed by atoms with Gasteiger partial charge in [-0.1, -0.05) is 60.7 Å². The molecule has 0 bridgehead atoms. The van der Waals surface area contributed by atoms with E-state index in [9.17, 15) is 16.8 Å². The van der Waals surface area contributed by atoms with E-state index in [-0.39, 0.29) is 17.1 Å². The van der Waals surface area contributed by atoms with Gasteiger partial charge in [0.15, 0.2) is 0 Å². The summed E-state index contributed by atoms with van der Waals surface area (Å²) in [5, 5.41) is 1.66. The first-order valence-electron chi connectivity index (χ1n) is 9.10. The lowest BCUT2D eigenvalue weighted by Crippen LogP contribution is -2.34. The van der Waals surface area contributed by atoms with Gasteiger partial charge in [0.05, 0.1) is 16.5 Å². The fourth-order valence-corrected chi connectivity index (χ4v) is 5.91. The number of anilines is 3. The normalized spacial score (nSPS) is 12.4. The van der Waals surface area contributed by atoms with Gasteiger partial charge in [-0.15, -0.1) is 0 Å². The Hall–Kier alpha value is -3.56. The van der Waals surface area contributed by atoms with Crippen molar-refractivity contribution in [2.75, 3.05) is 15.2 Å². The molecule has 0 radical (unpaired) electrons. The molecule has 0 unspecified atom stereocenters. The van der Waals surface area contributed by atoms with Crippen LogP contribution in [0.4, 0.5) is 17.1 Å². The van der Waals surface area contributed by atoms with Crippen LogP contribution in [0.3, 0.4) is 0 Å². The molecule has 31 heavy (non-hydrogen) atoms. The molecule has 7 nitrogen and oxygen atoms in total. The highest BCUT2D eigenvalue weighted by molar-refractivity contribution is 8.12. The molecule has 0 aliphatic carbocycles. The minimum Gasteiger partial charge on any atom is -0.399 e. The number of nitrogens with zero attached hydrogens (tertiary/aromatic N) is 1. The minimum atomic E-state index is -4.47. The molecule has 4 N–H and O–H groups in total. The number of nitrogens with two attached hydrogens (primary N) is 2. The summed E-state index contributed by atoms with van der Waals surface area (Å²) in [6.07, 6.45) is 2.63. The van der Waals surface area contributed by atoms with E-state index >= 15 is 0 Å². The van der Waals surface area contributed by atoms with Crippen molar-refractivity contribution < 1.29 is 16.8 Å². The van der Waals surface area contributed by atoms with Crippen molar-refractivity contribution in [1.82, 2.24) is 0 Å². The van der Waals surface area contributed by atoms with Gasteiger partial charge in [-0.25, -0.2) is 16.8 Å². The monoisotopic (exact) mass is 455 g/mol. The van der Waals surface area contributed by atoms with Gasteiger partial charge in [0.25, 0.3) is 20.0 Å². The Balaban J connectivity index is 2.10. The molecule has 0 heterocycles. The van der Waals surface area contributed by atoms with Crippen LogP contribution in [0, 0.1) is 0 Å². The van der Waals surface area contributed by atoms with E-state index in [0.717, 1.165) is 10.8 Å². The molecule has 0 saturated heterocycles. The Bertz CT molecular complexity index is 1220. The van der Waals surface area contributed by atoms with Gasteiger partial charge in [0.1, 0.15) is 0 Å². The average molecular weight is 456 g/mol. The Morgan fingerprint density at radius 2 is 1.00 bits per heavy atom. The maximum atomic E-state index is 13.1. The predicted octanol–water partition coefficient (Wildman–Crippen LogP) is 3.66. The van der Waals surface area contributed by atoms with E-state index in [2.05, 4.69) is 0 Å². The third kappa shape index (κ3) is 5.74. The van der Waals surface area contributed by atoms with Crippen molar-refractivity contribution in [1.29, 1.82) is 0 Å². The highest BCUT2D eigenvalue weighted by Gasteiger charge is 2.31. The maximum absolute atomic E-state index is 13.1. The van der Waals surface area contributed by atoms with Gasteiger partial charge >= 0.3 is 0 Å². The zero-order valence-electron chi connectivity index (χ0n) is 16.4. The van der Waals surface area contributed by atoms with E-state index in [1.165, 1.54) is 30.4 Å². The summed E-state index contributed by atoms with van der Waals surface area (Å²) in [6.45, 7) is 0. The first-order chi connectivity index (χ1) is 14.7. The highest BCUT2D eigenvalue weighted by Crippen LogP contribution is 2.29. The van der Waals surface area contributed by atoms with E-state index in [1.54, 1.807) is 60.7 Å². The fraction of sp³-hybridized carbons (Fsp3) is 0. The molecule has 0 atom stereocenters. The molecule has 0 amide bonds. The second-order valence-corrected chi connectivity index (χ2v) is 10.1. The van der Waals surface area contributed by atoms with Crippen LogP contribution in [0.1, 0.15) is 11.1 Å². The van der Waals surface area contributed by atoms with E-state index < -0.39 is 20.0 Å². The van der Waals surface area contributed by atoms with Crippen molar-refractivity contribution in [3.8, 4) is 0 Å². The summed E-state index contributed by atoms with van der Waals surface area (Å²) in [5.41, 5.74) is 12.8. The van der Waals surface area contributed by atoms with Gasteiger partial charge < -0.3 is 11.5 Å². The summed E-state index contributed by atoms with van der Waals surface area (Å²) < 4.78 is 52.8. The lowest BCUT2D eigenvalue weighted by molar-refractivity contribution is 0.594. The second-order valence-electron chi connectivity index (χ2n) is 6.57. The molecule has 0 fully saturated rings. The number of nitrogen functional groups attached to an aromatic ring is 2. The van der Waals surface area contributed by atoms with E-state index in [0.29, 0.717) is 14.8 Å². The van der Waals surface area contributed by atoms with Gasteiger partial charge in [0.2, 0.25) is 0 Å². The molecule has 0 saturated carbocycles. The Labute approximate surface area is 182 Å². The van der Waals surface area contributed by atoms with Gasteiger partial charge in [0, 0.05) is 11.4 Å². The van der Waals surface area contributed by atoms with Gasteiger partial charge in [-0.05, 0) is 41.5 Å². The van der Waals surface area contributed by atoms with Crippen LogP contribution in [0.25, 0.3) is 12.2 Å². The van der Waals surface area contributed by atoms with Crippen LogP contribution in [0.2, 0.25) is 0 Å². The molecule has 0 spiro atoms. The Kier molecular flexibility index (Phi) is 6.47. The molecule has 3 rings (SSSR count). The summed E-state index contributed by atoms with van der Waals surface area (Å²) in [6, 6.07) is 21.2. The van der Waals surface area contributed by atoms with Crippen molar-refractivity contribution in [3.05, 3.63) is 101 Å². The van der Waals surface area contributed by atoms with Crippen molar-refractivity contribution in [3.63, 3.8) is 0 Å². The zero-order valence-corrected chi connectivity index (χ0v) is 18.0. The van der Waals surface area contributed by atoms with Gasteiger partial charge in [-0.2, -0.15) is 3.71 Å². The maximum Gasteiger partial charge on any atom is 0.270 e. The smallest absolute Gasteiger partial charge is 0.270 e. The zero-order chi connectivity index (χ0) is 22.5. The molecule has 0 aliphatic rings. The Morgan fingerprint density at radius 3 is 1.39 bits per heavy atom. The van der Waals surface area contributed by atoms with Crippen LogP contribution in [-0.4, -0.2) is 16.8 Å². The fourth-order valence-electron chi connectivity index (χ4n) is 2.77. The van der Waals surface area contributed by atoms with E-state index in [4.69, 9.17) is 11.5 Å². The van der Waals surface area contributed by atoms with Gasteiger partial charge in [-0.3, -0.25) is 0 Å².